The molecule has 0 atom stereocenters. The van der Waals surface area contributed by atoms with E-state index in [1.807, 2.05) is 36.4 Å². The first kappa shape index (κ1) is 21.9. The number of carbonyl (C=O) groups excluding carboxylic acids is 1. The molecule has 1 aliphatic heterocycles. The van der Waals surface area contributed by atoms with Crippen LogP contribution in [0.4, 0.5) is 5.69 Å². The molecule has 5 nitrogen and oxygen atoms in total. The predicted octanol–water partition coefficient (Wildman–Crippen LogP) is 4.51. The van der Waals surface area contributed by atoms with Crippen LogP contribution in [0.3, 0.4) is 0 Å². The number of amides is 1. The lowest BCUT2D eigenvalue weighted by atomic mass is 10.0. The van der Waals surface area contributed by atoms with Crippen molar-refractivity contribution in [3.05, 3.63) is 83.4 Å². The average molecular weight is 430 g/mol. The Morgan fingerprint density at radius 1 is 0.969 bits per heavy atom. The first-order valence-corrected chi connectivity index (χ1v) is 11.2. The largest absolute Gasteiger partial charge is 0.497 e. The lowest BCUT2D eigenvalue weighted by Crippen LogP contribution is -2.26. The maximum absolute atomic E-state index is 12.6. The van der Waals surface area contributed by atoms with Crippen LogP contribution in [0.1, 0.15) is 34.3 Å². The van der Waals surface area contributed by atoms with Crippen LogP contribution in [0.2, 0.25) is 0 Å². The zero-order valence-electron chi connectivity index (χ0n) is 18.6. The van der Waals surface area contributed by atoms with Crippen molar-refractivity contribution in [1.29, 1.82) is 0 Å². The van der Waals surface area contributed by atoms with E-state index in [0.29, 0.717) is 17.8 Å². The zero-order chi connectivity index (χ0) is 22.3. The second-order valence-electron chi connectivity index (χ2n) is 8.34. The number of methoxy groups -OCH3 is 1. The number of anilines is 1. The lowest BCUT2D eigenvalue weighted by molar-refractivity contribution is 0.0955. The van der Waals surface area contributed by atoms with E-state index in [9.17, 15) is 4.79 Å². The number of nitrogens with one attached hydrogen (secondary N) is 1. The van der Waals surface area contributed by atoms with E-state index in [2.05, 4.69) is 34.5 Å². The third-order valence-electron chi connectivity index (χ3n) is 6.03. The van der Waals surface area contributed by atoms with E-state index in [1.165, 1.54) is 37.1 Å². The van der Waals surface area contributed by atoms with Crippen LogP contribution >= 0.6 is 0 Å². The molecule has 166 valence electrons. The van der Waals surface area contributed by atoms with Gasteiger partial charge >= 0.3 is 0 Å². The number of rotatable bonds is 8. The average Bonchev–Trinajstić information content (AvgIpc) is 3.33. The molecule has 0 saturated carbocycles. The summed E-state index contributed by atoms with van der Waals surface area (Å²) in [6.07, 6.45) is 3.41. The van der Waals surface area contributed by atoms with Gasteiger partial charge in [-0.2, -0.15) is 0 Å². The fraction of sp³-hybridized carbons (Fsp3) is 0.296. The van der Waals surface area contributed by atoms with Gasteiger partial charge in [0.05, 0.1) is 12.7 Å². The Kier molecular flexibility index (Phi) is 7.07. The molecule has 4 rings (SSSR count). The number of nitrogen functional groups attached to an aromatic ring is 1. The van der Waals surface area contributed by atoms with E-state index in [1.54, 1.807) is 13.2 Å². The minimum absolute atomic E-state index is 0.148. The van der Waals surface area contributed by atoms with Crippen molar-refractivity contribution in [1.82, 2.24) is 10.2 Å². The Morgan fingerprint density at radius 3 is 2.41 bits per heavy atom. The number of hydrogen-bond donors (Lipinski definition) is 2. The number of benzene rings is 3. The van der Waals surface area contributed by atoms with Crippen molar-refractivity contribution in [2.45, 2.75) is 25.8 Å². The van der Waals surface area contributed by atoms with Crippen LogP contribution in [0.15, 0.2) is 66.7 Å². The highest BCUT2D eigenvalue weighted by atomic mass is 16.5. The van der Waals surface area contributed by atoms with Gasteiger partial charge in [0, 0.05) is 18.8 Å². The van der Waals surface area contributed by atoms with E-state index in [-0.39, 0.29) is 5.91 Å². The number of likely N-dealkylation sites (tertiary alicyclic amines) is 1. The van der Waals surface area contributed by atoms with Gasteiger partial charge in [-0.15, -0.1) is 0 Å². The summed E-state index contributed by atoms with van der Waals surface area (Å²) in [5.74, 6) is 0.636. The van der Waals surface area contributed by atoms with Crippen molar-refractivity contribution >= 4 is 11.6 Å². The van der Waals surface area contributed by atoms with Crippen LogP contribution in [0.25, 0.3) is 11.1 Å². The zero-order valence-corrected chi connectivity index (χ0v) is 18.6. The smallest absolute Gasteiger partial charge is 0.253 e. The predicted molar refractivity (Wildman–Crippen MR) is 130 cm³/mol. The normalized spacial score (nSPS) is 13.8. The SMILES string of the molecule is COc1cccc(-c2ccc(C(=O)NCCc3ccc(CN4CCCC4)cc3)c(N)c2)c1. The summed E-state index contributed by atoms with van der Waals surface area (Å²) in [7, 11) is 1.64. The van der Waals surface area contributed by atoms with Gasteiger partial charge in [-0.05, 0) is 78.9 Å². The standard InChI is InChI=1S/C27H31N3O2/c1-32-24-6-4-5-22(17-24)23-11-12-25(26(28)18-23)27(31)29-14-13-20-7-9-21(10-8-20)19-30-15-2-3-16-30/h4-12,17-18H,2-3,13-16,19,28H2,1H3,(H,29,31). The maximum Gasteiger partial charge on any atom is 0.253 e. The topological polar surface area (TPSA) is 67.6 Å². The van der Waals surface area contributed by atoms with Gasteiger partial charge in [0.2, 0.25) is 0 Å². The molecule has 5 heteroatoms. The number of hydrogen-bond acceptors (Lipinski definition) is 4. The lowest BCUT2D eigenvalue weighted by Gasteiger charge is -2.14. The van der Waals surface area contributed by atoms with Gasteiger partial charge in [-0.1, -0.05) is 42.5 Å². The van der Waals surface area contributed by atoms with Gasteiger partial charge in [0.1, 0.15) is 5.75 Å². The highest BCUT2D eigenvalue weighted by molar-refractivity contribution is 6.00. The molecule has 1 aliphatic rings. The summed E-state index contributed by atoms with van der Waals surface area (Å²) in [4.78, 5) is 15.1. The number of carbonyl (C=O) groups is 1. The molecule has 0 radical (unpaired) electrons. The first-order chi connectivity index (χ1) is 15.6. The van der Waals surface area contributed by atoms with Crippen molar-refractivity contribution < 1.29 is 9.53 Å². The molecule has 32 heavy (non-hydrogen) atoms. The molecule has 1 fully saturated rings. The highest BCUT2D eigenvalue weighted by Gasteiger charge is 2.12. The first-order valence-electron chi connectivity index (χ1n) is 11.2. The Labute approximate surface area is 190 Å². The fourth-order valence-corrected chi connectivity index (χ4v) is 4.18. The molecule has 1 saturated heterocycles. The molecule has 3 aromatic rings. The molecule has 1 amide bonds. The summed E-state index contributed by atoms with van der Waals surface area (Å²) < 4.78 is 5.29. The molecule has 3 N–H and O–H groups in total. The van der Waals surface area contributed by atoms with E-state index in [4.69, 9.17) is 10.5 Å². The Balaban J connectivity index is 1.31. The molecule has 0 aromatic heterocycles. The molecule has 0 bridgehead atoms. The summed E-state index contributed by atoms with van der Waals surface area (Å²) >= 11 is 0. The van der Waals surface area contributed by atoms with Crippen molar-refractivity contribution in [3.8, 4) is 16.9 Å². The number of nitrogens with zero attached hydrogens (tertiary/aromatic N) is 1. The van der Waals surface area contributed by atoms with Gasteiger partial charge < -0.3 is 15.8 Å². The van der Waals surface area contributed by atoms with Gasteiger partial charge in [0.25, 0.3) is 5.91 Å². The Hall–Kier alpha value is -3.31. The summed E-state index contributed by atoms with van der Waals surface area (Å²) in [5.41, 5.74) is 11.7. The van der Waals surface area contributed by atoms with Crippen molar-refractivity contribution in [2.24, 2.45) is 0 Å². The van der Waals surface area contributed by atoms with Crippen LogP contribution in [-0.2, 0) is 13.0 Å². The minimum Gasteiger partial charge on any atom is -0.497 e. The molecule has 0 unspecified atom stereocenters. The second kappa shape index (κ2) is 10.3. The third-order valence-corrected chi connectivity index (χ3v) is 6.03. The van der Waals surface area contributed by atoms with Crippen molar-refractivity contribution in [2.75, 3.05) is 32.5 Å². The van der Waals surface area contributed by atoms with E-state index < -0.39 is 0 Å². The molecular weight excluding hydrogens is 398 g/mol. The molecular formula is C27H31N3O2. The third kappa shape index (κ3) is 5.48. The van der Waals surface area contributed by atoms with Crippen molar-refractivity contribution in [3.63, 3.8) is 0 Å². The van der Waals surface area contributed by atoms with E-state index >= 15 is 0 Å². The minimum atomic E-state index is -0.148. The molecule has 0 spiro atoms. The maximum atomic E-state index is 12.6. The van der Waals surface area contributed by atoms with Gasteiger partial charge in [-0.3, -0.25) is 9.69 Å². The monoisotopic (exact) mass is 429 g/mol. The molecule has 1 heterocycles. The Morgan fingerprint density at radius 2 is 1.69 bits per heavy atom. The quantitative estimate of drug-likeness (QED) is 0.517. The second-order valence-corrected chi connectivity index (χ2v) is 8.34. The number of nitrogens with two attached hydrogens (primary N) is 1. The van der Waals surface area contributed by atoms with Crippen LogP contribution in [0, 0.1) is 0 Å². The molecule has 0 aliphatic carbocycles. The van der Waals surface area contributed by atoms with Gasteiger partial charge in [-0.25, -0.2) is 0 Å². The van der Waals surface area contributed by atoms with Crippen LogP contribution in [-0.4, -0.2) is 37.6 Å². The van der Waals surface area contributed by atoms with Crippen LogP contribution in [0.5, 0.6) is 5.75 Å². The van der Waals surface area contributed by atoms with Gasteiger partial charge in [0.15, 0.2) is 0 Å². The fourth-order valence-electron chi connectivity index (χ4n) is 4.18. The summed E-state index contributed by atoms with van der Waals surface area (Å²) in [6, 6.07) is 22.0. The summed E-state index contributed by atoms with van der Waals surface area (Å²) in [5, 5.41) is 2.99. The number of ether oxygens (including phenoxy) is 1. The van der Waals surface area contributed by atoms with Crippen LogP contribution < -0.4 is 15.8 Å². The molecule has 3 aromatic carbocycles. The van der Waals surface area contributed by atoms with E-state index in [0.717, 1.165) is 29.8 Å². The Bertz CT molecular complexity index is 1060. The highest BCUT2D eigenvalue weighted by Crippen LogP contribution is 2.27. The summed E-state index contributed by atoms with van der Waals surface area (Å²) in [6.45, 7) is 4.01.